The third-order valence-electron chi connectivity index (χ3n) is 7.63. The normalized spacial score (nSPS) is 18.8. The topological polar surface area (TPSA) is 194 Å². The summed E-state index contributed by atoms with van der Waals surface area (Å²) in [5, 5.41) is 18.6. The molecule has 2 atom stereocenters. The van der Waals surface area contributed by atoms with E-state index in [0.29, 0.717) is 42.2 Å². The first-order chi connectivity index (χ1) is 22.9. The van der Waals surface area contributed by atoms with Crippen molar-refractivity contribution in [3.63, 3.8) is 0 Å². The van der Waals surface area contributed by atoms with Gasteiger partial charge in [-0.1, -0.05) is 44.2 Å². The average Bonchev–Trinajstić information content (AvgIpc) is 3.72. The maximum Gasteiger partial charge on any atom is 0.271 e. The molecule has 16 heteroatoms. The molecule has 1 aromatic carbocycles. The molecule has 3 heterocycles. The van der Waals surface area contributed by atoms with E-state index in [9.17, 15) is 27.6 Å². The second-order valence-corrected chi connectivity index (χ2v) is 15.7. The van der Waals surface area contributed by atoms with Crippen LogP contribution < -0.4 is 21.1 Å². The fraction of sp³-hybridized carbons (Fsp3) is 0.500. The lowest BCUT2D eigenvalue weighted by Crippen LogP contribution is -2.36. The third kappa shape index (κ3) is 11.8. The molecule has 0 unspecified atom stereocenters. The van der Waals surface area contributed by atoms with Crippen LogP contribution >= 0.6 is 22.7 Å². The summed E-state index contributed by atoms with van der Waals surface area (Å²) in [6.45, 7) is 4.94. The molecule has 0 spiro atoms. The largest absolute Gasteiger partial charge is 0.351 e. The molecule has 2 aromatic heterocycles. The van der Waals surface area contributed by atoms with E-state index in [2.05, 4.69) is 25.9 Å². The summed E-state index contributed by atoms with van der Waals surface area (Å²) in [6, 6.07) is 8.75. The Morgan fingerprint density at radius 3 is 2.27 bits per heavy atom. The Bertz CT molecular complexity index is 1660. The lowest BCUT2D eigenvalue weighted by Gasteiger charge is -2.23. The summed E-state index contributed by atoms with van der Waals surface area (Å²) < 4.78 is 22.7. The Morgan fingerprint density at radius 2 is 1.60 bits per heavy atom. The summed E-state index contributed by atoms with van der Waals surface area (Å²) >= 11 is 2.58. The monoisotopic (exact) mass is 717 g/mol. The third-order valence-corrected chi connectivity index (χ3v) is 10.4. The molecule has 4 bridgehead atoms. The lowest BCUT2D eigenvalue weighted by molar-refractivity contribution is -0.132. The van der Waals surface area contributed by atoms with E-state index in [4.69, 9.17) is 5.14 Å². The molecule has 0 saturated heterocycles. The number of nitrogens with zero attached hydrogens (tertiary/aromatic N) is 3. The van der Waals surface area contributed by atoms with Gasteiger partial charge in [0, 0.05) is 43.2 Å². The van der Waals surface area contributed by atoms with Crippen LogP contribution in [-0.2, 0) is 26.0 Å². The molecule has 3 aromatic rings. The number of primary sulfonamides is 1. The first-order valence-electron chi connectivity index (χ1n) is 16.0. The van der Waals surface area contributed by atoms with Crippen LogP contribution in [0.4, 0.5) is 0 Å². The van der Waals surface area contributed by atoms with Crippen LogP contribution in [-0.4, -0.2) is 72.3 Å². The summed E-state index contributed by atoms with van der Waals surface area (Å²) in [4.78, 5) is 63.4. The molecular weight excluding hydrogens is 675 g/mol. The van der Waals surface area contributed by atoms with Gasteiger partial charge in [0.1, 0.15) is 21.4 Å². The summed E-state index contributed by atoms with van der Waals surface area (Å²) in [7, 11) is -3.69. The highest BCUT2D eigenvalue weighted by Crippen LogP contribution is 2.27. The van der Waals surface area contributed by atoms with E-state index in [1.54, 1.807) is 15.7 Å². The van der Waals surface area contributed by atoms with E-state index in [1.807, 2.05) is 44.2 Å². The van der Waals surface area contributed by atoms with Gasteiger partial charge in [-0.2, -0.15) is 0 Å². The highest BCUT2D eigenvalue weighted by atomic mass is 32.2. The van der Waals surface area contributed by atoms with E-state index in [0.717, 1.165) is 5.56 Å². The van der Waals surface area contributed by atoms with E-state index in [-0.39, 0.29) is 79.0 Å². The second kappa shape index (κ2) is 17.6. The maximum atomic E-state index is 13.5. The number of hydrogen-bond donors (Lipinski definition) is 4. The van der Waals surface area contributed by atoms with Crippen molar-refractivity contribution in [3.05, 3.63) is 68.1 Å². The van der Waals surface area contributed by atoms with Crippen molar-refractivity contribution in [2.45, 2.75) is 70.9 Å². The maximum absolute atomic E-state index is 13.5. The van der Waals surface area contributed by atoms with Gasteiger partial charge in [0.25, 0.3) is 11.8 Å². The molecular formula is C32H43N7O6S3. The van der Waals surface area contributed by atoms with Gasteiger partial charge in [0.2, 0.25) is 21.8 Å². The predicted molar refractivity (Wildman–Crippen MR) is 185 cm³/mol. The molecule has 4 rings (SSSR count). The fourth-order valence-electron chi connectivity index (χ4n) is 5.28. The van der Waals surface area contributed by atoms with Crippen LogP contribution in [0.3, 0.4) is 0 Å². The molecule has 0 aliphatic carbocycles. The number of nitrogens with two attached hydrogens (primary N) is 1. The molecule has 5 N–H and O–H groups in total. The molecule has 1 aliphatic heterocycles. The van der Waals surface area contributed by atoms with E-state index < -0.39 is 22.1 Å². The van der Waals surface area contributed by atoms with E-state index >= 15 is 0 Å². The fourth-order valence-corrected chi connectivity index (χ4v) is 7.54. The van der Waals surface area contributed by atoms with Crippen LogP contribution in [0.25, 0.3) is 0 Å². The number of carbonyl (C=O) groups excluding carboxylic acids is 4. The van der Waals surface area contributed by atoms with Crippen LogP contribution in [0, 0.1) is 5.92 Å². The summed E-state index contributed by atoms with van der Waals surface area (Å²) in [6.07, 6.45) is 2.12. The molecule has 260 valence electrons. The number of carbonyl (C=O) groups is 4. The van der Waals surface area contributed by atoms with Gasteiger partial charge >= 0.3 is 0 Å². The van der Waals surface area contributed by atoms with Crippen LogP contribution in [0.1, 0.15) is 101 Å². The SMILES string of the molecule is CC(C)C[C@@H]1NC(=O)CCCN(C(=O)CCCS(N)(=O)=O)CCCNC(=O)c2csc(n2)[C@H](Cc2ccccc2)NC(=O)c2csc1n2. The van der Waals surface area contributed by atoms with E-state index in [1.165, 1.54) is 22.7 Å². The van der Waals surface area contributed by atoms with Crippen molar-refractivity contribution in [2.24, 2.45) is 11.1 Å². The van der Waals surface area contributed by atoms with Gasteiger partial charge in [-0.3, -0.25) is 19.2 Å². The Balaban J connectivity index is 1.58. The van der Waals surface area contributed by atoms with Crippen molar-refractivity contribution < 1.29 is 27.6 Å². The number of benzene rings is 1. The molecule has 0 saturated carbocycles. The zero-order valence-corrected chi connectivity index (χ0v) is 29.6. The highest BCUT2D eigenvalue weighted by Gasteiger charge is 2.26. The second-order valence-electron chi connectivity index (χ2n) is 12.2. The van der Waals surface area contributed by atoms with Crippen LogP contribution in [0.5, 0.6) is 0 Å². The Labute approximate surface area is 289 Å². The quantitative estimate of drug-likeness (QED) is 0.273. The minimum Gasteiger partial charge on any atom is -0.351 e. The number of hydrogen-bond acceptors (Lipinski definition) is 10. The molecule has 48 heavy (non-hydrogen) atoms. The Hall–Kier alpha value is -3.73. The Kier molecular flexibility index (Phi) is 13.6. The zero-order chi connectivity index (χ0) is 34.7. The van der Waals surface area contributed by atoms with Crippen molar-refractivity contribution >= 4 is 56.3 Å². The number of fused-ring (bicyclic) bond motifs is 4. The summed E-state index contributed by atoms with van der Waals surface area (Å²) in [5.74, 6) is -1.28. The lowest BCUT2D eigenvalue weighted by atomic mass is 10.0. The van der Waals surface area contributed by atoms with Crippen molar-refractivity contribution in [2.75, 3.05) is 25.4 Å². The van der Waals surface area contributed by atoms with Crippen molar-refractivity contribution in [1.82, 2.24) is 30.8 Å². The molecule has 0 radical (unpaired) electrons. The summed E-state index contributed by atoms with van der Waals surface area (Å²) in [5.41, 5.74) is 1.44. The van der Waals surface area contributed by atoms with Gasteiger partial charge in [-0.05, 0) is 43.6 Å². The number of thiazole rings is 2. The zero-order valence-electron chi connectivity index (χ0n) is 27.1. The van der Waals surface area contributed by atoms with Gasteiger partial charge in [-0.15, -0.1) is 22.7 Å². The van der Waals surface area contributed by atoms with Gasteiger partial charge in [0.15, 0.2) is 0 Å². The number of sulfonamides is 1. The standard InChI is InChI=1S/C32H43N7O6S3/c1-21(2)17-23-31-38-26(20-47-31)30(43)36-24(18-22-9-4-3-5-10-22)32-37-25(19-46-32)29(42)34-13-8-15-39(14-6-11-27(40)35-23)28(41)12-7-16-48(33,44)45/h3-5,9-10,19-21,23-24H,6-8,11-18H2,1-2H3,(H,34,42)(H,35,40)(H,36,43)(H2,33,44,45)/t23-,24-/m0/s1. The van der Waals surface area contributed by atoms with Gasteiger partial charge < -0.3 is 20.9 Å². The molecule has 13 nitrogen and oxygen atoms in total. The number of amides is 4. The number of rotatable bonds is 8. The molecule has 4 amide bonds. The number of aromatic nitrogens is 2. The smallest absolute Gasteiger partial charge is 0.271 e. The minimum absolute atomic E-state index is 0.00364. The van der Waals surface area contributed by atoms with Crippen LogP contribution in [0.15, 0.2) is 41.1 Å². The first-order valence-corrected chi connectivity index (χ1v) is 19.5. The van der Waals surface area contributed by atoms with Crippen molar-refractivity contribution in [1.29, 1.82) is 0 Å². The van der Waals surface area contributed by atoms with Crippen molar-refractivity contribution in [3.8, 4) is 0 Å². The number of nitrogens with one attached hydrogen (secondary N) is 3. The molecule has 0 fully saturated rings. The minimum atomic E-state index is -3.69. The first kappa shape index (κ1) is 37.1. The van der Waals surface area contributed by atoms with Gasteiger partial charge in [-0.25, -0.2) is 23.5 Å². The molecule has 1 aliphatic rings. The Morgan fingerprint density at radius 1 is 0.958 bits per heavy atom. The average molecular weight is 718 g/mol. The van der Waals surface area contributed by atoms with Gasteiger partial charge in [0.05, 0.1) is 17.8 Å². The highest BCUT2D eigenvalue weighted by molar-refractivity contribution is 7.89. The predicted octanol–water partition coefficient (Wildman–Crippen LogP) is 3.33. The van der Waals surface area contributed by atoms with Crippen LogP contribution in [0.2, 0.25) is 0 Å².